The van der Waals surface area contributed by atoms with Gasteiger partial charge in [-0.3, -0.25) is 9.59 Å². The van der Waals surface area contributed by atoms with Crippen molar-refractivity contribution in [1.29, 1.82) is 0 Å². The lowest BCUT2D eigenvalue weighted by atomic mass is 10.1. The first-order valence-electron chi connectivity index (χ1n) is 10.5. The van der Waals surface area contributed by atoms with Crippen LogP contribution in [0.3, 0.4) is 0 Å². The molecule has 0 spiro atoms. The van der Waals surface area contributed by atoms with Crippen molar-refractivity contribution in [2.75, 3.05) is 25.1 Å². The fourth-order valence-corrected chi connectivity index (χ4v) is 2.75. The number of nitrogens with one attached hydrogen (secondary N) is 2. The number of benzene rings is 2. The van der Waals surface area contributed by atoms with Crippen molar-refractivity contribution in [3.05, 3.63) is 59.2 Å². The van der Waals surface area contributed by atoms with E-state index >= 15 is 0 Å². The first kappa shape index (κ1) is 25.8. The maximum absolute atomic E-state index is 12.4. The molecule has 6 nitrogen and oxygen atoms in total. The smallest absolute Gasteiger partial charge is 0.405 e. The van der Waals surface area contributed by atoms with Crippen LogP contribution in [0.25, 0.3) is 6.08 Å². The Kier molecular flexibility index (Phi) is 9.32. The molecule has 0 aliphatic rings. The Bertz CT molecular complexity index is 1000. The molecule has 0 saturated carbocycles. The number of ether oxygens (including phenoxy) is 2. The van der Waals surface area contributed by atoms with Crippen LogP contribution >= 0.6 is 0 Å². The highest BCUT2D eigenvalue weighted by atomic mass is 19.4. The van der Waals surface area contributed by atoms with E-state index in [-0.39, 0.29) is 5.56 Å². The molecule has 0 aromatic heterocycles. The summed E-state index contributed by atoms with van der Waals surface area (Å²) in [6, 6.07) is 9.59. The van der Waals surface area contributed by atoms with E-state index in [1.165, 1.54) is 18.2 Å². The van der Waals surface area contributed by atoms with Crippen LogP contribution in [0.5, 0.6) is 11.5 Å². The van der Waals surface area contributed by atoms with Gasteiger partial charge in [0, 0.05) is 17.3 Å². The van der Waals surface area contributed by atoms with Crippen LogP contribution in [0.15, 0.2) is 42.5 Å². The first-order valence-corrected chi connectivity index (χ1v) is 10.5. The molecule has 0 fully saturated rings. The molecule has 33 heavy (non-hydrogen) atoms. The first-order chi connectivity index (χ1) is 15.6. The summed E-state index contributed by atoms with van der Waals surface area (Å²) >= 11 is 0. The molecule has 0 radical (unpaired) electrons. The topological polar surface area (TPSA) is 76.7 Å². The van der Waals surface area contributed by atoms with E-state index in [2.05, 4.69) is 5.32 Å². The molecule has 2 aromatic carbocycles. The molecule has 178 valence electrons. The number of hydrogen-bond donors (Lipinski definition) is 2. The third-order valence-electron chi connectivity index (χ3n) is 4.36. The van der Waals surface area contributed by atoms with Gasteiger partial charge >= 0.3 is 6.18 Å². The second-order valence-electron chi connectivity index (χ2n) is 7.14. The van der Waals surface area contributed by atoms with E-state index in [1.807, 2.05) is 13.8 Å². The fraction of sp³-hybridized carbons (Fsp3) is 0.333. The number of aryl methyl sites for hydroxylation is 1. The SMILES string of the molecule is CCCOc1ccc(/C=C/C(=O)Nc2cc(C(=O)NCC(F)(F)F)ccc2C)cc1OCC. The van der Waals surface area contributed by atoms with E-state index in [4.69, 9.17) is 9.47 Å². The fourth-order valence-electron chi connectivity index (χ4n) is 2.75. The lowest BCUT2D eigenvalue weighted by molar-refractivity contribution is -0.123. The van der Waals surface area contributed by atoms with Gasteiger partial charge in [-0.05, 0) is 61.7 Å². The van der Waals surface area contributed by atoms with E-state index in [0.717, 1.165) is 12.0 Å². The molecule has 0 bridgehead atoms. The van der Waals surface area contributed by atoms with Gasteiger partial charge in [0.2, 0.25) is 5.91 Å². The molecule has 0 heterocycles. The predicted octanol–water partition coefficient (Wildman–Crippen LogP) is 5.13. The summed E-state index contributed by atoms with van der Waals surface area (Å²) in [7, 11) is 0. The summed E-state index contributed by atoms with van der Waals surface area (Å²) in [5.74, 6) is -0.152. The standard InChI is InChI=1S/C24H27F3N2O4/c1-4-12-33-20-10-7-17(13-21(20)32-5-2)8-11-22(30)29-19-14-18(9-6-16(19)3)23(31)28-15-24(25,26)27/h6-11,13-14H,4-5,12,15H2,1-3H3,(H,28,31)(H,29,30)/b11-8+. The number of rotatable bonds is 10. The Balaban J connectivity index is 2.09. The van der Waals surface area contributed by atoms with Crippen LogP contribution in [0.2, 0.25) is 0 Å². The van der Waals surface area contributed by atoms with Gasteiger partial charge in [0.25, 0.3) is 5.91 Å². The van der Waals surface area contributed by atoms with Crippen molar-refractivity contribution in [3.8, 4) is 11.5 Å². The predicted molar refractivity (Wildman–Crippen MR) is 121 cm³/mol. The van der Waals surface area contributed by atoms with E-state index in [0.29, 0.717) is 36.0 Å². The minimum Gasteiger partial charge on any atom is -0.490 e. The Morgan fingerprint density at radius 2 is 1.79 bits per heavy atom. The molecule has 0 saturated heterocycles. The molecule has 2 N–H and O–H groups in total. The van der Waals surface area contributed by atoms with Gasteiger partial charge in [-0.2, -0.15) is 13.2 Å². The van der Waals surface area contributed by atoms with Crippen LogP contribution in [-0.2, 0) is 4.79 Å². The Labute approximate surface area is 190 Å². The van der Waals surface area contributed by atoms with Gasteiger partial charge in [-0.1, -0.05) is 19.1 Å². The number of hydrogen-bond acceptors (Lipinski definition) is 4. The monoisotopic (exact) mass is 464 g/mol. The molecule has 2 rings (SSSR count). The molecule has 0 aliphatic heterocycles. The zero-order valence-electron chi connectivity index (χ0n) is 18.7. The van der Waals surface area contributed by atoms with Crippen molar-refractivity contribution >= 4 is 23.6 Å². The highest BCUT2D eigenvalue weighted by Crippen LogP contribution is 2.29. The molecule has 0 aliphatic carbocycles. The molecular formula is C24H27F3N2O4. The Hall–Kier alpha value is -3.49. The van der Waals surface area contributed by atoms with Crippen molar-refractivity contribution in [3.63, 3.8) is 0 Å². The van der Waals surface area contributed by atoms with Gasteiger partial charge in [0.1, 0.15) is 6.54 Å². The zero-order valence-corrected chi connectivity index (χ0v) is 18.7. The quantitative estimate of drug-likeness (QED) is 0.478. The van der Waals surface area contributed by atoms with Crippen LogP contribution in [0, 0.1) is 6.92 Å². The maximum Gasteiger partial charge on any atom is 0.405 e. The number of carbonyl (C=O) groups is 2. The van der Waals surface area contributed by atoms with E-state index in [1.54, 1.807) is 42.6 Å². The van der Waals surface area contributed by atoms with Gasteiger partial charge in [-0.25, -0.2) is 0 Å². The zero-order chi connectivity index (χ0) is 24.4. The summed E-state index contributed by atoms with van der Waals surface area (Å²) in [5, 5.41) is 4.45. The third kappa shape index (κ3) is 8.51. The van der Waals surface area contributed by atoms with E-state index in [9.17, 15) is 22.8 Å². The number of anilines is 1. The highest BCUT2D eigenvalue weighted by molar-refractivity contribution is 6.03. The number of amides is 2. The average Bonchev–Trinajstić information content (AvgIpc) is 2.76. The Morgan fingerprint density at radius 3 is 2.45 bits per heavy atom. The summed E-state index contributed by atoms with van der Waals surface area (Å²) in [5.41, 5.74) is 1.70. The maximum atomic E-state index is 12.4. The van der Waals surface area contributed by atoms with Crippen LogP contribution in [0.1, 0.15) is 41.8 Å². The molecule has 2 amide bonds. The summed E-state index contributed by atoms with van der Waals surface area (Å²) in [6.07, 6.45) is -0.743. The molecular weight excluding hydrogens is 437 g/mol. The lowest BCUT2D eigenvalue weighted by Crippen LogP contribution is -2.33. The highest BCUT2D eigenvalue weighted by Gasteiger charge is 2.28. The molecule has 9 heteroatoms. The largest absolute Gasteiger partial charge is 0.490 e. The van der Waals surface area contributed by atoms with Crippen molar-refractivity contribution < 1.29 is 32.2 Å². The van der Waals surface area contributed by atoms with Gasteiger partial charge in [0.15, 0.2) is 11.5 Å². The second-order valence-corrected chi connectivity index (χ2v) is 7.14. The van der Waals surface area contributed by atoms with Gasteiger partial charge in [0.05, 0.1) is 13.2 Å². The number of halogens is 3. The Morgan fingerprint density at radius 1 is 1.03 bits per heavy atom. The van der Waals surface area contributed by atoms with Gasteiger partial charge in [-0.15, -0.1) is 0 Å². The molecule has 2 aromatic rings. The average molecular weight is 464 g/mol. The van der Waals surface area contributed by atoms with Gasteiger partial charge < -0.3 is 20.1 Å². The van der Waals surface area contributed by atoms with Crippen molar-refractivity contribution in [2.45, 2.75) is 33.4 Å². The van der Waals surface area contributed by atoms with Crippen LogP contribution < -0.4 is 20.1 Å². The van der Waals surface area contributed by atoms with Crippen molar-refractivity contribution in [1.82, 2.24) is 5.32 Å². The van der Waals surface area contributed by atoms with Crippen LogP contribution in [-0.4, -0.2) is 37.7 Å². The molecule has 0 unspecified atom stereocenters. The van der Waals surface area contributed by atoms with Crippen molar-refractivity contribution in [2.24, 2.45) is 0 Å². The summed E-state index contributed by atoms with van der Waals surface area (Å²) in [6.45, 7) is 5.16. The van der Waals surface area contributed by atoms with Crippen LogP contribution in [0.4, 0.5) is 18.9 Å². The number of alkyl halides is 3. The number of carbonyl (C=O) groups excluding carboxylic acids is 2. The normalized spacial score (nSPS) is 11.3. The second kappa shape index (κ2) is 11.9. The summed E-state index contributed by atoms with van der Waals surface area (Å²) in [4.78, 5) is 24.4. The minimum absolute atomic E-state index is 0.00755. The third-order valence-corrected chi connectivity index (χ3v) is 4.36. The lowest BCUT2D eigenvalue weighted by Gasteiger charge is -2.12. The minimum atomic E-state index is -4.51. The summed E-state index contributed by atoms with van der Waals surface area (Å²) < 4.78 is 48.2. The molecule has 0 atom stereocenters. The van der Waals surface area contributed by atoms with E-state index < -0.39 is 24.5 Å².